The van der Waals surface area contributed by atoms with E-state index >= 15 is 0 Å². The van der Waals surface area contributed by atoms with Gasteiger partial charge in [0.25, 0.3) is 0 Å². The van der Waals surface area contributed by atoms with Crippen LogP contribution in [0.5, 0.6) is 11.5 Å². The molecule has 2 heterocycles. The van der Waals surface area contributed by atoms with Gasteiger partial charge < -0.3 is 14.4 Å². The van der Waals surface area contributed by atoms with Crippen molar-refractivity contribution in [3.63, 3.8) is 0 Å². The molecule has 3 aromatic rings. The van der Waals surface area contributed by atoms with Crippen molar-refractivity contribution in [2.24, 2.45) is 0 Å². The van der Waals surface area contributed by atoms with E-state index in [9.17, 15) is 4.79 Å². The number of benzene rings is 2. The number of fused-ring (bicyclic) bond motifs is 1. The third kappa shape index (κ3) is 3.87. The SMILES string of the molecule is CN(Cc1cnn(-c2ccccc2)c1)C(=O)/C=C/c1cc(Cl)c2c(c1)OCO2. The lowest BCUT2D eigenvalue weighted by Gasteiger charge is -2.13. The van der Waals surface area contributed by atoms with Crippen molar-refractivity contribution in [2.75, 3.05) is 13.8 Å². The van der Waals surface area contributed by atoms with E-state index in [-0.39, 0.29) is 12.7 Å². The number of hydrogen-bond acceptors (Lipinski definition) is 4. The van der Waals surface area contributed by atoms with Gasteiger partial charge in [-0.1, -0.05) is 29.8 Å². The number of aromatic nitrogens is 2. The number of nitrogens with zero attached hydrogens (tertiary/aromatic N) is 3. The maximum absolute atomic E-state index is 12.4. The van der Waals surface area contributed by atoms with E-state index in [2.05, 4.69) is 5.10 Å². The smallest absolute Gasteiger partial charge is 0.246 e. The standard InChI is InChI=1S/C21H18ClN3O3/c1-24(12-16-11-23-25(13-16)17-5-3-2-4-6-17)20(26)8-7-15-9-18(22)21-19(10-15)27-14-28-21/h2-11,13H,12,14H2,1H3/b8-7+. The number of halogens is 1. The minimum absolute atomic E-state index is 0.124. The molecule has 7 heteroatoms. The van der Waals surface area contributed by atoms with Gasteiger partial charge in [0.15, 0.2) is 11.5 Å². The molecule has 0 saturated carbocycles. The number of amides is 1. The number of likely N-dealkylation sites (N-methyl/N-ethyl adjacent to an activating group) is 1. The molecule has 142 valence electrons. The van der Waals surface area contributed by atoms with Crippen molar-refractivity contribution in [2.45, 2.75) is 6.54 Å². The van der Waals surface area contributed by atoms with Crippen LogP contribution in [0.2, 0.25) is 5.02 Å². The predicted octanol–water partition coefficient (Wildman–Crippen LogP) is 3.93. The van der Waals surface area contributed by atoms with Crippen LogP contribution in [0.1, 0.15) is 11.1 Å². The Morgan fingerprint density at radius 2 is 2.11 bits per heavy atom. The zero-order chi connectivity index (χ0) is 19.5. The van der Waals surface area contributed by atoms with Crippen LogP contribution in [-0.2, 0) is 11.3 Å². The van der Waals surface area contributed by atoms with Crippen LogP contribution >= 0.6 is 11.6 Å². The number of rotatable bonds is 5. The van der Waals surface area contributed by atoms with Gasteiger partial charge in [-0.15, -0.1) is 0 Å². The molecule has 0 spiro atoms. The highest BCUT2D eigenvalue weighted by molar-refractivity contribution is 6.32. The highest BCUT2D eigenvalue weighted by Crippen LogP contribution is 2.40. The van der Waals surface area contributed by atoms with Gasteiger partial charge in [-0.05, 0) is 35.9 Å². The first kappa shape index (κ1) is 18.1. The van der Waals surface area contributed by atoms with Gasteiger partial charge in [0.1, 0.15) is 0 Å². The van der Waals surface area contributed by atoms with Crippen LogP contribution in [0.25, 0.3) is 11.8 Å². The van der Waals surface area contributed by atoms with Gasteiger partial charge in [0.2, 0.25) is 12.7 Å². The maximum atomic E-state index is 12.4. The second-order valence-electron chi connectivity index (χ2n) is 6.39. The average Bonchev–Trinajstić information content (AvgIpc) is 3.36. The van der Waals surface area contributed by atoms with Gasteiger partial charge in [0, 0.05) is 31.4 Å². The highest BCUT2D eigenvalue weighted by atomic mass is 35.5. The number of ether oxygens (including phenoxy) is 2. The second-order valence-corrected chi connectivity index (χ2v) is 6.80. The van der Waals surface area contributed by atoms with Crippen LogP contribution in [0.15, 0.2) is 60.9 Å². The van der Waals surface area contributed by atoms with Crippen molar-refractivity contribution in [1.82, 2.24) is 14.7 Å². The summed E-state index contributed by atoms with van der Waals surface area (Å²) >= 11 is 6.17. The highest BCUT2D eigenvalue weighted by Gasteiger charge is 2.17. The Balaban J connectivity index is 1.41. The summed E-state index contributed by atoms with van der Waals surface area (Å²) < 4.78 is 12.4. The summed E-state index contributed by atoms with van der Waals surface area (Å²) in [6.07, 6.45) is 6.90. The first-order valence-corrected chi connectivity index (χ1v) is 9.09. The molecule has 0 N–H and O–H groups in total. The van der Waals surface area contributed by atoms with Gasteiger partial charge in [-0.3, -0.25) is 4.79 Å². The van der Waals surface area contributed by atoms with E-state index in [0.717, 1.165) is 16.8 Å². The van der Waals surface area contributed by atoms with Crippen molar-refractivity contribution >= 4 is 23.6 Å². The zero-order valence-corrected chi connectivity index (χ0v) is 16.0. The van der Waals surface area contributed by atoms with E-state index < -0.39 is 0 Å². The second kappa shape index (κ2) is 7.78. The normalized spacial score (nSPS) is 12.5. The van der Waals surface area contributed by atoms with Crippen LogP contribution in [0, 0.1) is 0 Å². The lowest BCUT2D eigenvalue weighted by Crippen LogP contribution is -2.23. The quantitative estimate of drug-likeness (QED) is 0.614. The van der Waals surface area contributed by atoms with E-state index in [1.54, 1.807) is 41.0 Å². The van der Waals surface area contributed by atoms with Crippen LogP contribution < -0.4 is 9.47 Å². The Bertz CT molecular complexity index is 1030. The summed E-state index contributed by atoms with van der Waals surface area (Å²) in [7, 11) is 1.75. The average molecular weight is 396 g/mol. The monoisotopic (exact) mass is 395 g/mol. The molecule has 0 fully saturated rings. The summed E-state index contributed by atoms with van der Waals surface area (Å²) in [6.45, 7) is 0.610. The number of carbonyl (C=O) groups is 1. The Labute approximate surface area is 167 Å². The molecule has 1 aromatic heterocycles. The molecule has 4 rings (SSSR count). The number of carbonyl (C=O) groups excluding carboxylic acids is 1. The predicted molar refractivity (Wildman–Crippen MR) is 107 cm³/mol. The molecule has 0 radical (unpaired) electrons. The van der Waals surface area contributed by atoms with Crippen LogP contribution in [0.4, 0.5) is 0 Å². The summed E-state index contributed by atoms with van der Waals surface area (Å²) in [5.41, 5.74) is 2.69. The van der Waals surface area contributed by atoms with E-state index in [4.69, 9.17) is 21.1 Å². The first-order chi connectivity index (χ1) is 13.6. The summed E-state index contributed by atoms with van der Waals surface area (Å²) in [6, 6.07) is 13.4. The summed E-state index contributed by atoms with van der Waals surface area (Å²) in [5, 5.41) is 4.82. The molecule has 2 aromatic carbocycles. The van der Waals surface area contributed by atoms with Gasteiger partial charge >= 0.3 is 0 Å². The molecule has 1 aliphatic rings. The largest absolute Gasteiger partial charge is 0.454 e. The van der Waals surface area contributed by atoms with Crippen molar-refractivity contribution in [1.29, 1.82) is 0 Å². The zero-order valence-electron chi connectivity index (χ0n) is 15.2. The molecule has 0 saturated heterocycles. The fourth-order valence-corrected chi connectivity index (χ4v) is 3.17. The number of hydrogen-bond donors (Lipinski definition) is 0. The molecule has 0 unspecified atom stereocenters. The third-order valence-electron chi connectivity index (χ3n) is 4.32. The van der Waals surface area contributed by atoms with Crippen LogP contribution in [-0.4, -0.2) is 34.4 Å². The van der Waals surface area contributed by atoms with E-state index in [1.807, 2.05) is 36.5 Å². The minimum atomic E-state index is -0.124. The van der Waals surface area contributed by atoms with Crippen molar-refractivity contribution in [3.8, 4) is 17.2 Å². The maximum Gasteiger partial charge on any atom is 0.246 e. The Morgan fingerprint density at radius 3 is 2.93 bits per heavy atom. The minimum Gasteiger partial charge on any atom is -0.454 e. The summed E-state index contributed by atoms with van der Waals surface area (Å²) in [5.74, 6) is 1.00. The molecule has 1 aliphatic heterocycles. The van der Waals surface area contributed by atoms with Crippen molar-refractivity contribution < 1.29 is 14.3 Å². The molecule has 0 bridgehead atoms. The Morgan fingerprint density at radius 1 is 1.29 bits per heavy atom. The number of para-hydroxylation sites is 1. The van der Waals surface area contributed by atoms with Gasteiger partial charge in [-0.2, -0.15) is 5.10 Å². The fourth-order valence-electron chi connectivity index (χ4n) is 2.89. The molecule has 1 amide bonds. The lowest BCUT2D eigenvalue weighted by atomic mass is 10.2. The molecular weight excluding hydrogens is 378 g/mol. The lowest BCUT2D eigenvalue weighted by molar-refractivity contribution is -0.125. The van der Waals surface area contributed by atoms with E-state index in [1.165, 1.54) is 6.08 Å². The molecule has 0 atom stereocenters. The van der Waals surface area contributed by atoms with Crippen LogP contribution in [0.3, 0.4) is 0 Å². The Kier molecular flexibility index (Phi) is 5.04. The van der Waals surface area contributed by atoms with Gasteiger partial charge in [0.05, 0.1) is 16.9 Å². The first-order valence-electron chi connectivity index (χ1n) is 8.71. The molecular formula is C21H18ClN3O3. The topological polar surface area (TPSA) is 56.6 Å². The Hall–Kier alpha value is -3.25. The summed E-state index contributed by atoms with van der Waals surface area (Å²) in [4.78, 5) is 14.1. The molecule has 0 aliphatic carbocycles. The fraction of sp³-hybridized carbons (Fsp3) is 0.143. The molecule has 28 heavy (non-hydrogen) atoms. The van der Waals surface area contributed by atoms with E-state index in [0.29, 0.717) is 23.1 Å². The van der Waals surface area contributed by atoms with Crippen molar-refractivity contribution in [3.05, 3.63) is 77.1 Å². The third-order valence-corrected chi connectivity index (χ3v) is 4.60. The van der Waals surface area contributed by atoms with Gasteiger partial charge in [-0.25, -0.2) is 4.68 Å². The molecule has 6 nitrogen and oxygen atoms in total.